The number of carbonyl (C=O) groups is 1. The summed E-state index contributed by atoms with van der Waals surface area (Å²) >= 11 is 6.08. The predicted molar refractivity (Wildman–Crippen MR) is 111 cm³/mol. The van der Waals surface area contributed by atoms with E-state index in [0.29, 0.717) is 23.8 Å². The van der Waals surface area contributed by atoms with Crippen molar-refractivity contribution >= 4 is 38.9 Å². The van der Waals surface area contributed by atoms with Crippen LogP contribution in [0, 0.1) is 0 Å². The van der Waals surface area contributed by atoms with Crippen LogP contribution in [0.4, 0.5) is 11.4 Å². The van der Waals surface area contributed by atoms with E-state index in [-0.39, 0.29) is 10.7 Å². The second-order valence-corrected chi connectivity index (χ2v) is 8.07. The first-order chi connectivity index (χ1) is 13.2. The van der Waals surface area contributed by atoms with Gasteiger partial charge >= 0.3 is 0 Å². The first-order valence-electron chi connectivity index (χ1n) is 8.19. The normalized spacial score (nSPS) is 10.8. The molecule has 0 fully saturated rings. The van der Waals surface area contributed by atoms with Crippen LogP contribution < -0.4 is 19.1 Å². The first-order valence-corrected chi connectivity index (χ1v) is 10.4. The highest BCUT2D eigenvalue weighted by Gasteiger charge is 2.22. The molecule has 7 nitrogen and oxygen atoms in total. The number of methoxy groups -OCH3 is 1. The highest BCUT2D eigenvalue weighted by molar-refractivity contribution is 7.92. The van der Waals surface area contributed by atoms with Crippen LogP contribution in [0.1, 0.15) is 0 Å². The van der Waals surface area contributed by atoms with Gasteiger partial charge in [-0.2, -0.15) is 0 Å². The number of halogens is 1. The van der Waals surface area contributed by atoms with Gasteiger partial charge < -0.3 is 14.8 Å². The summed E-state index contributed by atoms with van der Waals surface area (Å²) in [5.74, 6) is 0.530. The third kappa shape index (κ3) is 5.90. The first kappa shape index (κ1) is 21.6. The molecule has 9 heteroatoms. The summed E-state index contributed by atoms with van der Waals surface area (Å²) in [4.78, 5) is 12.4. The van der Waals surface area contributed by atoms with Gasteiger partial charge in [0.15, 0.2) is 0 Å². The molecule has 28 heavy (non-hydrogen) atoms. The molecule has 2 aromatic rings. The smallest absolute Gasteiger partial charge is 0.245 e. The fourth-order valence-electron chi connectivity index (χ4n) is 2.33. The summed E-state index contributed by atoms with van der Waals surface area (Å²) in [5, 5.41) is 2.90. The third-order valence-electron chi connectivity index (χ3n) is 3.62. The Morgan fingerprint density at radius 3 is 2.46 bits per heavy atom. The molecule has 2 aromatic carbocycles. The van der Waals surface area contributed by atoms with Crippen LogP contribution in [-0.4, -0.2) is 40.8 Å². The maximum absolute atomic E-state index is 12.4. The van der Waals surface area contributed by atoms with Gasteiger partial charge in [0.2, 0.25) is 15.9 Å². The van der Waals surface area contributed by atoms with Gasteiger partial charge in [-0.05, 0) is 42.5 Å². The van der Waals surface area contributed by atoms with E-state index >= 15 is 0 Å². The molecule has 0 aliphatic heterocycles. The Labute approximate surface area is 169 Å². The summed E-state index contributed by atoms with van der Waals surface area (Å²) in [6.07, 6.45) is 2.64. The summed E-state index contributed by atoms with van der Waals surface area (Å²) in [6.45, 7) is 3.54. The van der Waals surface area contributed by atoms with Gasteiger partial charge in [0.25, 0.3) is 0 Å². The van der Waals surface area contributed by atoms with Crippen LogP contribution in [0.15, 0.2) is 55.1 Å². The highest BCUT2D eigenvalue weighted by atomic mass is 35.5. The minimum atomic E-state index is -3.71. The number of sulfonamides is 1. The molecular weight excluding hydrogens is 404 g/mol. The molecule has 1 amide bonds. The minimum Gasteiger partial charge on any atom is -0.495 e. The van der Waals surface area contributed by atoms with E-state index in [1.54, 1.807) is 30.3 Å². The maximum Gasteiger partial charge on any atom is 0.245 e. The van der Waals surface area contributed by atoms with Crippen molar-refractivity contribution < 1.29 is 22.7 Å². The SMILES string of the molecule is C=CCOc1ccc(NC(=O)CN(c2ccc(OC)c(Cl)c2)S(C)(=O)=O)cc1. The largest absolute Gasteiger partial charge is 0.495 e. The number of rotatable bonds is 9. The van der Waals surface area contributed by atoms with Crippen LogP contribution in [0.2, 0.25) is 5.02 Å². The van der Waals surface area contributed by atoms with E-state index in [4.69, 9.17) is 21.1 Å². The summed E-state index contributed by atoms with van der Waals surface area (Å²) in [7, 11) is -2.26. The molecule has 1 N–H and O–H groups in total. The third-order valence-corrected chi connectivity index (χ3v) is 5.05. The Morgan fingerprint density at radius 2 is 1.93 bits per heavy atom. The van der Waals surface area contributed by atoms with Crippen LogP contribution in [-0.2, 0) is 14.8 Å². The lowest BCUT2D eigenvalue weighted by Crippen LogP contribution is -2.37. The fourth-order valence-corrected chi connectivity index (χ4v) is 3.43. The predicted octanol–water partition coefficient (Wildman–Crippen LogP) is 3.32. The lowest BCUT2D eigenvalue weighted by atomic mass is 10.3. The second-order valence-electron chi connectivity index (χ2n) is 5.76. The van der Waals surface area contributed by atoms with E-state index in [1.807, 2.05) is 0 Å². The lowest BCUT2D eigenvalue weighted by molar-refractivity contribution is -0.114. The van der Waals surface area contributed by atoms with E-state index in [9.17, 15) is 13.2 Å². The fraction of sp³-hybridized carbons (Fsp3) is 0.211. The average Bonchev–Trinajstić information content (AvgIpc) is 2.64. The molecule has 0 bridgehead atoms. The standard InChI is InChI=1S/C19H21ClN2O5S/c1-4-11-27-16-8-5-14(6-9-16)21-19(23)13-22(28(3,24)25)15-7-10-18(26-2)17(20)12-15/h4-10,12H,1,11,13H2,2-3H3,(H,21,23). The number of amides is 1. The van der Waals surface area contributed by atoms with Crippen LogP contribution in [0.5, 0.6) is 11.5 Å². The average molecular weight is 425 g/mol. The zero-order valence-corrected chi connectivity index (χ0v) is 17.1. The molecule has 0 atom stereocenters. The zero-order valence-electron chi connectivity index (χ0n) is 15.5. The molecule has 0 aliphatic carbocycles. The van der Waals surface area contributed by atoms with Crippen LogP contribution >= 0.6 is 11.6 Å². The van der Waals surface area contributed by atoms with Gasteiger partial charge in [-0.25, -0.2) is 8.42 Å². The van der Waals surface area contributed by atoms with Crippen molar-refractivity contribution in [1.29, 1.82) is 0 Å². The number of hydrogen-bond acceptors (Lipinski definition) is 5. The van der Waals surface area contributed by atoms with Crippen molar-refractivity contribution in [3.8, 4) is 11.5 Å². The van der Waals surface area contributed by atoms with Gasteiger partial charge in [0.05, 0.1) is 24.1 Å². The zero-order chi connectivity index (χ0) is 20.7. The number of benzene rings is 2. The van der Waals surface area contributed by atoms with Crippen molar-refractivity contribution in [2.24, 2.45) is 0 Å². The van der Waals surface area contributed by atoms with Gasteiger partial charge in [-0.15, -0.1) is 0 Å². The van der Waals surface area contributed by atoms with E-state index in [1.165, 1.54) is 25.3 Å². The number of carbonyl (C=O) groups excluding carboxylic acids is 1. The molecule has 2 rings (SSSR count). The molecule has 0 saturated heterocycles. The minimum absolute atomic E-state index is 0.240. The molecule has 0 aromatic heterocycles. The Kier molecular flexibility index (Phi) is 7.31. The van der Waals surface area contributed by atoms with Crippen molar-refractivity contribution in [2.75, 3.05) is 36.1 Å². The van der Waals surface area contributed by atoms with Crippen molar-refractivity contribution in [3.05, 3.63) is 60.1 Å². The summed E-state index contributed by atoms with van der Waals surface area (Å²) in [6, 6.07) is 11.2. The molecule has 0 heterocycles. The maximum atomic E-state index is 12.4. The number of anilines is 2. The molecule has 0 unspecified atom stereocenters. The molecule has 0 saturated carbocycles. The second kappa shape index (κ2) is 9.48. The number of ether oxygens (including phenoxy) is 2. The summed E-state index contributed by atoms with van der Waals surface area (Å²) in [5.41, 5.74) is 0.772. The summed E-state index contributed by atoms with van der Waals surface area (Å²) < 4.78 is 35.8. The Hall–Kier alpha value is -2.71. The Balaban J connectivity index is 2.13. The highest BCUT2D eigenvalue weighted by Crippen LogP contribution is 2.30. The monoisotopic (exact) mass is 424 g/mol. The molecule has 150 valence electrons. The van der Waals surface area contributed by atoms with Crippen molar-refractivity contribution in [2.45, 2.75) is 0 Å². The van der Waals surface area contributed by atoms with E-state index in [0.717, 1.165) is 10.6 Å². The Bertz CT molecular complexity index is 945. The van der Waals surface area contributed by atoms with Gasteiger partial charge in [-0.3, -0.25) is 9.10 Å². The molecule has 0 spiro atoms. The van der Waals surface area contributed by atoms with Gasteiger partial charge in [0.1, 0.15) is 24.7 Å². The van der Waals surface area contributed by atoms with E-state index < -0.39 is 22.5 Å². The van der Waals surface area contributed by atoms with Crippen LogP contribution in [0.3, 0.4) is 0 Å². The quantitative estimate of drug-likeness (QED) is 0.624. The van der Waals surface area contributed by atoms with Gasteiger partial charge in [0, 0.05) is 5.69 Å². The van der Waals surface area contributed by atoms with Crippen molar-refractivity contribution in [3.63, 3.8) is 0 Å². The van der Waals surface area contributed by atoms with Crippen molar-refractivity contribution in [1.82, 2.24) is 0 Å². The van der Waals surface area contributed by atoms with Crippen LogP contribution in [0.25, 0.3) is 0 Å². The lowest BCUT2D eigenvalue weighted by Gasteiger charge is -2.22. The van der Waals surface area contributed by atoms with Gasteiger partial charge in [-0.1, -0.05) is 24.3 Å². The van der Waals surface area contributed by atoms with E-state index in [2.05, 4.69) is 11.9 Å². The topological polar surface area (TPSA) is 84.9 Å². The molecule has 0 aliphatic rings. The Morgan fingerprint density at radius 1 is 1.25 bits per heavy atom. The molecule has 0 radical (unpaired) electrons. The number of nitrogens with one attached hydrogen (secondary N) is 1. The molecular formula is C19H21ClN2O5S. The number of hydrogen-bond donors (Lipinski definition) is 1. The number of nitrogens with zero attached hydrogens (tertiary/aromatic N) is 1.